The molecule has 118 valence electrons. The normalized spacial score (nSPS) is 13.7. The van der Waals surface area contributed by atoms with Crippen molar-refractivity contribution in [2.75, 3.05) is 0 Å². The van der Waals surface area contributed by atoms with Crippen LogP contribution < -0.4 is 0 Å². The van der Waals surface area contributed by atoms with Crippen molar-refractivity contribution < 1.29 is 26.3 Å². The van der Waals surface area contributed by atoms with Crippen LogP contribution >= 0.6 is 11.6 Å². The van der Waals surface area contributed by atoms with E-state index in [-0.39, 0.29) is 15.9 Å². The molecule has 0 aliphatic rings. The number of alkyl halides is 6. The molecule has 0 amide bonds. The van der Waals surface area contributed by atoms with E-state index in [0.29, 0.717) is 13.0 Å². The number of nitrogens with zero attached hydrogens (tertiary/aromatic N) is 2. The Morgan fingerprint density at radius 3 is 2.27 bits per heavy atom. The van der Waals surface area contributed by atoms with E-state index in [1.165, 1.54) is 12.1 Å². The fourth-order valence-corrected chi connectivity index (χ4v) is 1.83. The summed E-state index contributed by atoms with van der Waals surface area (Å²) < 4.78 is 76.0. The number of aliphatic imine (C=N–C) groups is 1. The molecular weight excluding hydrogens is 334 g/mol. The Morgan fingerprint density at radius 2 is 1.73 bits per heavy atom. The van der Waals surface area contributed by atoms with E-state index in [9.17, 15) is 26.3 Å². The lowest BCUT2D eigenvalue weighted by molar-refractivity contribution is -0.140. The minimum atomic E-state index is -4.81. The third-order valence-corrected chi connectivity index (χ3v) is 2.97. The molecule has 1 heterocycles. The lowest BCUT2D eigenvalue weighted by Crippen LogP contribution is -2.19. The molecule has 0 aliphatic carbocycles. The number of hydrogen-bond donors (Lipinski definition) is 0. The van der Waals surface area contributed by atoms with Crippen molar-refractivity contribution in [1.29, 1.82) is 0 Å². The highest BCUT2D eigenvalue weighted by Crippen LogP contribution is 2.35. The van der Waals surface area contributed by atoms with Gasteiger partial charge in [0.15, 0.2) is 0 Å². The van der Waals surface area contributed by atoms with Crippen LogP contribution in [-0.2, 0) is 6.18 Å². The highest BCUT2D eigenvalue weighted by Gasteiger charge is 2.35. The summed E-state index contributed by atoms with van der Waals surface area (Å²) in [4.78, 5) is 6.65. The molecule has 0 atom stereocenters. The standard InChI is InChI=1S/C13H7ClF6N2/c1-6(12(15,16)17)21-10-5-11(13(18,19)20)22-9-4-7(14)2-3-8(9)10/h2-5H,1H3. The Bertz CT molecular complexity index is 749. The maximum atomic E-state index is 12.8. The highest BCUT2D eigenvalue weighted by molar-refractivity contribution is 6.31. The monoisotopic (exact) mass is 340 g/mol. The minimum Gasteiger partial charge on any atom is -0.248 e. The second kappa shape index (κ2) is 5.42. The third-order valence-electron chi connectivity index (χ3n) is 2.74. The van der Waals surface area contributed by atoms with Crippen molar-refractivity contribution in [3.05, 3.63) is 35.0 Å². The van der Waals surface area contributed by atoms with Gasteiger partial charge in [-0.25, -0.2) is 9.98 Å². The topological polar surface area (TPSA) is 25.2 Å². The molecule has 0 aliphatic heterocycles. The summed E-state index contributed by atoms with van der Waals surface area (Å²) in [5.74, 6) is 0. The number of halogens is 7. The molecule has 1 aromatic heterocycles. The predicted molar refractivity (Wildman–Crippen MR) is 70.6 cm³/mol. The van der Waals surface area contributed by atoms with Crippen molar-refractivity contribution in [2.45, 2.75) is 19.3 Å². The van der Waals surface area contributed by atoms with Crippen LogP contribution in [0.5, 0.6) is 0 Å². The third kappa shape index (κ3) is 3.49. The minimum absolute atomic E-state index is 0.0426. The van der Waals surface area contributed by atoms with E-state index >= 15 is 0 Å². The van der Waals surface area contributed by atoms with Crippen molar-refractivity contribution in [3.63, 3.8) is 0 Å². The zero-order chi connectivity index (χ0) is 16.7. The molecule has 0 unspecified atom stereocenters. The van der Waals surface area contributed by atoms with Gasteiger partial charge in [0.2, 0.25) is 0 Å². The van der Waals surface area contributed by atoms with Gasteiger partial charge in [-0.2, -0.15) is 26.3 Å². The van der Waals surface area contributed by atoms with Crippen molar-refractivity contribution >= 4 is 33.9 Å². The van der Waals surface area contributed by atoms with Gasteiger partial charge in [-0.3, -0.25) is 0 Å². The molecule has 2 nitrogen and oxygen atoms in total. The van der Waals surface area contributed by atoms with Crippen LogP contribution in [0.1, 0.15) is 12.6 Å². The van der Waals surface area contributed by atoms with E-state index in [4.69, 9.17) is 11.6 Å². The fourth-order valence-electron chi connectivity index (χ4n) is 1.66. The summed E-state index contributed by atoms with van der Waals surface area (Å²) >= 11 is 5.68. The van der Waals surface area contributed by atoms with Crippen LogP contribution in [0.2, 0.25) is 5.02 Å². The lowest BCUT2D eigenvalue weighted by Gasteiger charge is -2.11. The predicted octanol–water partition coefficient (Wildman–Crippen LogP) is 5.56. The van der Waals surface area contributed by atoms with Crippen LogP contribution in [0.4, 0.5) is 32.0 Å². The van der Waals surface area contributed by atoms with Crippen molar-refractivity contribution in [1.82, 2.24) is 4.98 Å². The average molecular weight is 341 g/mol. The molecule has 1 aromatic carbocycles. The Hall–Kier alpha value is -1.83. The summed E-state index contributed by atoms with van der Waals surface area (Å²) in [6.45, 7) is 0.676. The van der Waals surface area contributed by atoms with Crippen LogP contribution in [-0.4, -0.2) is 16.9 Å². The average Bonchev–Trinajstić information content (AvgIpc) is 2.35. The first-order valence-corrected chi connectivity index (χ1v) is 6.16. The summed E-state index contributed by atoms with van der Waals surface area (Å²) in [5.41, 5.74) is -3.25. The molecule has 0 N–H and O–H groups in total. The number of aromatic nitrogens is 1. The molecule has 0 radical (unpaired) electrons. The number of benzene rings is 1. The molecular formula is C13H7ClF6N2. The lowest BCUT2D eigenvalue weighted by atomic mass is 10.1. The Balaban J connectivity index is 2.76. The molecule has 0 saturated carbocycles. The van der Waals surface area contributed by atoms with Gasteiger partial charge < -0.3 is 0 Å². The van der Waals surface area contributed by atoms with Gasteiger partial charge in [-0.1, -0.05) is 11.6 Å². The largest absolute Gasteiger partial charge is 0.433 e. The smallest absolute Gasteiger partial charge is 0.248 e. The number of pyridine rings is 1. The quantitative estimate of drug-likeness (QED) is 0.492. The van der Waals surface area contributed by atoms with E-state index in [1.807, 2.05) is 0 Å². The summed E-state index contributed by atoms with van der Waals surface area (Å²) in [6, 6.07) is 4.22. The molecule has 22 heavy (non-hydrogen) atoms. The van der Waals surface area contributed by atoms with Gasteiger partial charge >= 0.3 is 12.4 Å². The fraction of sp³-hybridized carbons (Fsp3) is 0.231. The first-order chi connectivity index (χ1) is 9.98. The summed E-state index contributed by atoms with van der Waals surface area (Å²) in [5, 5.41) is 0.155. The van der Waals surface area contributed by atoms with Crippen LogP contribution in [0, 0.1) is 0 Å². The second-order valence-electron chi connectivity index (χ2n) is 4.38. The van der Waals surface area contributed by atoms with Gasteiger partial charge in [0.1, 0.15) is 11.4 Å². The number of hydrogen-bond acceptors (Lipinski definition) is 2. The first-order valence-electron chi connectivity index (χ1n) is 5.78. The summed E-state index contributed by atoms with van der Waals surface area (Å²) in [6.07, 6.45) is -9.55. The van der Waals surface area contributed by atoms with E-state index in [1.54, 1.807) is 0 Å². The zero-order valence-corrected chi connectivity index (χ0v) is 11.6. The number of fused-ring (bicyclic) bond motifs is 1. The van der Waals surface area contributed by atoms with Gasteiger partial charge in [0.05, 0.1) is 11.2 Å². The molecule has 0 spiro atoms. The molecule has 2 aromatic rings. The molecule has 2 rings (SSSR count). The number of rotatable bonds is 1. The summed E-state index contributed by atoms with van der Waals surface area (Å²) in [7, 11) is 0. The molecule has 0 saturated heterocycles. The van der Waals surface area contributed by atoms with Crippen LogP contribution in [0.3, 0.4) is 0 Å². The van der Waals surface area contributed by atoms with Gasteiger partial charge in [-0.05, 0) is 31.2 Å². The Morgan fingerprint density at radius 1 is 1.09 bits per heavy atom. The Labute approximate surface area is 125 Å². The maximum Gasteiger partial charge on any atom is 0.433 e. The van der Waals surface area contributed by atoms with Crippen molar-refractivity contribution in [3.8, 4) is 0 Å². The first kappa shape index (κ1) is 16.5. The van der Waals surface area contributed by atoms with Gasteiger partial charge in [0.25, 0.3) is 0 Å². The SMILES string of the molecule is CC(=Nc1cc(C(F)(F)F)nc2cc(Cl)ccc12)C(F)(F)F. The maximum absolute atomic E-state index is 12.8. The molecule has 0 bridgehead atoms. The Kier molecular flexibility index (Phi) is 4.08. The van der Waals surface area contributed by atoms with Gasteiger partial charge in [0, 0.05) is 10.4 Å². The van der Waals surface area contributed by atoms with E-state index in [2.05, 4.69) is 9.98 Å². The van der Waals surface area contributed by atoms with Crippen LogP contribution in [0.25, 0.3) is 10.9 Å². The zero-order valence-electron chi connectivity index (χ0n) is 10.8. The highest BCUT2D eigenvalue weighted by atomic mass is 35.5. The second-order valence-corrected chi connectivity index (χ2v) is 4.82. The molecule has 9 heteroatoms. The van der Waals surface area contributed by atoms with Gasteiger partial charge in [-0.15, -0.1) is 0 Å². The molecule has 0 fully saturated rings. The van der Waals surface area contributed by atoms with Crippen molar-refractivity contribution in [2.24, 2.45) is 4.99 Å². The van der Waals surface area contributed by atoms with E-state index in [0.717, 1.165) is 6.07 Å². The van der Waals surface area contributed by atoms with Crippen LogP contribution in [0.15, 0.2) is 29.3 Å². The van der Waals surface area contributed by atoms with E-state index < -0.39 is 29.4 Å².